The molecule has 6 nitrogen and oxygen atoms in total. The van der Waals surface area contributed by atoms with Gasteiger partial charge in [-0.3, -0.25) is 9.59 Å². The molecule has 6 heteroatoms. The maximum atomic E-state index is 11.4. The first-order chi connectivity index (χ1) is 8.49. The molecule has 0 atom stereocenters. The van der Waals surface area contributed by atoms with Crippen LogP contribution in [0.25, 0.3) is 0 Å². The lowest BCUT2D eigenvalue weighted by molar-refractivity contribution is -0.119. The molecule has 1 aromatic rings. The van der Waals surface area contributed by atoms with Crippen molar-refractivity contribution in [3.05, 3.63) is 29.8 Å². The maximum absolute atomic E-state index is 11.4. The minimum atomic E-state index is -1.02. The number of carbonyl (C=O) groups excluding carboxylic acids is 2. The van der Waals surface area contributed by atoms with Gasteiger partial charge < -0.3 is 15.7 Å². The fraction of sp³-hybridized carbons (Fsp3) is 0.250. The molecule has 0 aromatic heterocycles. The summed E-state index contributed by atoms with van der Waals surface area (Å²) in [5.74, 6) is -1.45. The molecule has 0 spiro atoms. The largest absolute Gasteiger partial charge is 0.478 e. The number of rotatable bonds is 5. The molecule has 1 rings (SSSR count). The Kier molecular flexibility index (Phi) is 4.86. The van der Waals surface area contributed by atoms with Gasteiger partial charge in [0.25, 0.3) is 0 Å². The molecule has 2 amide bonds. The fourth-order valence-corrected chi connectivity index (χ4v) is 1.27. The van der Waals surface area contributed by atoms with Crippen LogP contribution in [0.1, 0.15) is 23.7 Å². The molecular formula is C12H14N2O4. The summed E-state index contributed by atoms with van der Waals surface area (Å²) < 4.78 is 0. The van der Waals surface area contributed by atoms with Crippen LogP contribution >= 0.6 is 0 Å². The zero-order valence-corrected chi connectivity index (χ0v) is 9.90. The molecule has 96 valence electrons. The third-order valence-electron chi connectivity index (χ3n) is 2.14. The number of carbonyl (C=O) groups is 3. The molecule has 0 aliphatic heterocycles. The Morgan fingerprint density at radius 3 is 2.28 bits per heavy atom. The van der Waals surface area contributed by atoms with Gasteiger partial charge in [0.2, 0.25) is 11.8 Å². The van der Waals surface area contributed by atoms with E-state index in [1.807, 2.05) is 0 Å². The number of carboxylic acids is 1. The summed E-state index contributed by atoms with van der Waals surface area (Å²) in [6, 6.07) is 5.84. The number of nitrogens with one attached hydrogen (secondary N) is 2. The van der Waals surface area contributed by atoms with Crippen molar-refractivity contribution in [1.82, 2.24) is 5.32 Å². The lowest BCUT2D eigenvalue weighted by atomic mass is 10.2. The Morgan fingerprint density at radius 2 is 1.78 bits per heavy atom. The van der Waals surface area contributed by atoms with Gasteiger partial charge in [-0.1, -0.05) is 0 Å². The number of hydrogen-bond acceptors (Lipinski definition) is 3. The molecule has 0 heterocycles. The highest BCUT2D eigenvalue weighted by Crippen LogP contribution is 2.09. The van der Waals surface area contributed by atoms with E-state index in [1.165, 1.54) is 31.2 Å². The molecule has 0 unspecified atom stereocenters. The van der Waals surface area contributed by atoms with Crippen molar-refractivity contribution in [3.63, 3.8) is 0 Å². The number of benzene rings is 1. The molecule has 0 aliphatic carbocycles. The van der Waals surface area contributed by atoms with Crippen LogP contribution in [0.15, 0.2) is 24.3 Å². The summed E-state index contributed by atoms with van der Waals surface area (Å²) in [6.07, 6.45) is 0.167. The monoisotopic (exact) mass is 250 g/mol. The summed E-state index contributed by atoms with van der Waals surface area (Å²) in [4.78, 5) is 32.6. The van der Waals surface area contributed by atoms with E-state index in [2.05, 4.69) is 10.6 Å². The van der Waals surface area contributed by atoms with Crippen molar-refractivity contribution in [2.75, 3.05) is 11.9 Å². The predicted octanol–water partition coefficient (Wildman–Crippen LogP) is 0.849. The van der Waals surface area contributed by atoms with E-state index in [0.29, 0.717) is 5.69 Å². The standard InChI is InChI=1S/C12H14N2O4/c1-8(15)13-7-6-11(16)14-10-4-2-9(3-5-10)12(17)18/h2-5H,6-7H2,1H3,(H,13,15)(H,14,16)(H,17,18). The zero-order valence-electron chi connectivity index (χ0n) is 9.90. The first kappa shape index (κ1) is 13.7. The van der Waals surface area contributed by atoms with E-state index in [1.54, 1.807) is 0 Å². The summed E-state index contributed by atoms with van der Waals surface area (Å²) >= 11 is 0. The maximum Gasteiger partial charge on any atom is 0.335 e. The quantitative estimate of drug-likeness (QED) is 0.721. The van der Waals surface area contributed by atoms with Crippen LogP contribution in [0.5, 0.6) is 0 Å². The van der Waals surface area contributed by atoms with Crippen LogP contribution in [-0.4, -0.2) is 29.4 Å². The van der Waals surface area contributed by atoms with Crippen molar-refractivity contribution in [3.8, 4) is 0 Å². The van der Waals surface area contributed by atoms with Gasteiger partial charge in [0.05, 0.1) is 5.56 Å². The third kappa shape index (κ3) is 4.65. The molecule has 0 bridgehead atoms. The Bertz CT molecular complexity index is 454. The van der Waals surface area contributed by atoms with Gasteiger partial charge in [-0.15, -0.1) is 0 Å². The predicted molar refractivity (Wildman–Crippen MR) is 65.3 cm³/mol. The fourth-order valence-electron chi connectivity index (χ4n) is 1.27. The molecule has 0 aliphatic rings. The molecule has 0 radical (unpaired) electrons. The molecule has 0 saturated carbocycles. The first-order valence-corrected chi connectivity index (χ1v) is 5.36. The second-order valence-electron chi connectivity index (χ2n) is 3.66. The van der Waals surface area contributed by atoms with Crippen LogP contribution in [0, 0.1) is 0 Å². The van der Waals surface area contributed by atoms with Gasteiger partial charge >= 0.3 is 5.97 Å². The Hall–Kier alpha value is -2.37. The second kappa shape index (κ2) is 6.39. The number of anilines is 1. The van der Waals surface area contributed by atoms with Crippen LogP contribution in [0.4, 0.5) is 5.69 Å². The van der Waals surface area contributed by atoms with E-state index in [0.717, 1.165) is 0 Å². The highest BCUT2D eigenvalue weighted by atomic mass is 16.4. The van der Waals surface area contributed by atoms with Gasteiger partial charge in [0.15, 0.2) is 0 Å². The minimum Gasteiger partial charge on any atom is -0.478 e. The smallest absolute Gasteiger partial charge is 0.335 e. The van der Waals surface area contributed by atoms with E-state index >= 15 is 0 Å². The SMILES string of the molecule is CC(=O)NCCC(=O)Nc1ccc(C(=O)O)cc1. The number of aromatic carboxylic acids is 1. The second-order valence-corrected chi connectivity index (χ2v) is 3.66. The van der Waals surface area contributed by atoms with Crippen molar-refractivity contribution in [1.29, 1.82) is 0 Å². The summed E-state index contributed by atoms with van der Waals surface area (Å²) in [5.41, 5.74) is 0.680. The number of hydrogen-bond donors (Lipinski definition) is 3. The van der Waals surface area contributed by atoms with Crippen molar-refractivity contribution < 1.29 is 19.5 Å². The van der Waals surface area contributed by atoms with Gasteiger partial charge in [-0.05, 0) is 24.3 Å². The van der Waals surface area contributed by atoms with E-state index in [-0.39, 0.29) is 30.3 Å². The van der Waals surface area contributed by atoms with Crippen LogP contribution in [0.3, 0.4) is 0 Å². The topological polar surface area (TPSA) is 95.5 Å². The first-order valence-electron chi connectivity index (χ1n) is 5.36. The molecule has 3 N–H and O–H groups in total. The molecule has 0 fully saturated rings. The minimum absolute atomic E-state index is 0.159. The van der Waals surface area contributed by atoms with Crippen LogP contribution in [-0.2, 0) is 9.59 Å². The normalized spacial score (nSPS) is 9.61. The number of amides is 2. The Balaban J connectivity index is 2.44. The molecule has 0 saturated heterocycles. The van der Waals surface area contributed by atoms with E-state index in [9.17, 15) is 14.4 Å². The van der Waals surface area contributed by atoms with Gasteiger partial charge in [0.1, 0.15) is 0 Å². The highest BCUT2D eigenvalue weighted by Gasteiger charge is 2.05. The number of carboxylic acid groups (broad SMARTS) is 1. The third-order valence-corrected chi connectivity index (χ3v) is 2.14. The van der Waals surface area contributed by atoms with E-state index < -0.39 is 5.97 Å². The molecule has 18 heavy (non-hydrogen) atoms. The summed E-state index contributed by atoms with van der Waals surface area (Å²) in [7, 11) is 0. The lowest BCUT2D eigenvalue weighted by Gasteiger charge is -2.05. The van der Waals surface area contributed by atoms with Crippen LogP contribution in [0.2, 0.25) is 0 Å². The zero-order chi connectivity index (χ0) is 13.5. The summed E-state index contributed by atoms with van der Waals surface area (Å²) in [5, 5.41) is 13.8. The van der Waals surface area contributed by atoms with Crippen molar-refractivity contribution in [2.24, 2.45) is 0 Å². The highest BCUT2D eigenvalue weighted by molar-refractivity contribution is 5.92. The average Bonchev–Trinajstić information content (AvgIpc) is 2.29. The van der Waals surface area contributed by atoms with Crippen molar-refractivity contribution in [2.45, 2.75) is 13.3 Å². The Labute approximate surface area is 104 Å². The van der Waals surface area contributed by atoms with E-state index in [4.69, 9.17) is 5.11 Å². The molecular weight excluding hydrogens is 236 g/mol. The summed E-state index contributed by atoms with van der Waals surface area (Å²) in [6.45, 7) is 1.65. The van der Waals surface area contributed by atoms with Gasteiger partial charge in [-0.2, -0.15) is 0 Å². The lowest BCUT2D eigenvalue weighted by Crippen LogP contribution is -2.25. The Morgan fingerprint density at radius 1 is 1.17 bits per heavy atom. The van der Waals surface area contributed by atoms with Gasteiger partial charge in [0, 0.05) is 25.6 Å². The van der Waals surface area contributed by atoms with Crippen LogP contribution < -0.4 is 10.6 Å². The molecule has 1 aromatic carbocycles. The van der Waals surface area contributed by atoms with Gasteiger partial charge in [-0.25, -0.2) is 4.79 Å². The van der Waals surface area contributed by atoms with Crippen molar-refractivity contribution >= 4 is 23.5 Å². The average molecular weight is 250 g/mol.